The molecule has 0 bridgehead atoms. The normalized spacial score (nSPS) is 15.1. The molecule has 1 aromatic heterocycles. The molecule has 0 fully saturated rings. The van der Waals surface area contributed by atoms with Crippen molar-refractivity contribution in [2.45, 2.75) is 6.42 Å². The van der Waals surface area contributed by atoms with Crippen molar-refractivity contribution in [3.05, 3.63) is 48.3 Å². The third-order valence-corrected chi connectivity index (χ3v) is 2.89. The van der Waals surface area contributed by atoms with Crippen LogP contribution in [0.1, 0.15) is 12.0 Å². The fourth-order valence-corrected chi connectivity index (χ4v) is 1.88. The van der Waals surface area contributed by atoms with Crippen molar-refractivity contribution >= 4 is 11.6 Å². The van der Waals surface area contributed by atoms with E-state index in [9.17, 15) is 4.79 Å². The highest BCUT2D eigenvalue weighted by Gasteiger charge is 2.22. The van der Waals surface area contributed by atoms with Gasteiger partial charge in [0, 0.05) is 18.8 Å². The molecule has 1 aliphatic heterocycles. The van der Waals surface area contributed by atoms with Crippen LogP contribution in [0.15, 0.2) is 47.8 Å². The Balaban J connectivity index is 1.91. The minimum atomic E-state index is 0.0115. The Kier molecular flexibility index (Phi) is 2.44. The molecule has 0 spiro atoms. The first kappa shape index (κ1) is 10.7. The summed E-state index contributed by atoms with van der Waals surface area (Å²) < 4.78 is 1.78. The maximum Gasteiger partial charge on any atom is 0.248 e. The van der Waals surface area contributed by atoms with Crippen LogP contribution in [-0.2, 0) is 4.79 Å². The number of hydrazone groups is 1. The molecule has 2 aromatic rings. The predicted octanol–water partition coefficient (Wildman–Crippen LogP) is 1.44. The van der Waals surface area contributed by atoms with Crippen LogP contribution in [0.2, 0.25) is 0 Å². The molecule has 0 saturated carbocycles. The second-order valence-electron chi connectivity index (χ2n) is 4.15. The molecule has 5 heteroatoms. The van der Waals surface area contributed by atoms with Gasteiger partial charge in [-0.15, -0.1) is 0 Å². The van der Waals surface area contributed by atoms with Gasteiger partial charge in [-0.3, -0.25) is 4.79 Å². The van der Waals surface area contributed by atoms with E-state index in [1.54, 1.807) is 17.9 Å². The van der Waals surface area contributed by atoms with E-state index >= 15 is 0 Å². The number of aromatic nitrogens is 2. The highest BCUT2D eigenvalue weighted by atomic mass is 16.2. The fraction of sp³-hybridized carbons (Fsp3) is 0.154. The van der Waals surface area contributed by atoms with Crippen LogP contribution >= 0.6 is 0 Å². The Labute approximate surface area is 104 Å². The van der Waals surface area contributed by atoms with Gasteiger partial charge in [0.1, 0.15) is 0 Å². The van der Waals surface area contributed by atoms with Crippen LogP contribution in [0.5, 0.6) is 0 Å². The average molecular weight is 240 g/mol. The SMILES string of the molecule is CN1N=C(c2cnn(-c3ccccc3)c2)CC1=O. The van der Waals surface area contributed by atoms with E-state index in [0.29, 0.717) is 6.42 Å². The molecular weight excluding hydrogens is 228 g/mol. The summed E-state index contributed by atoms with van der Waals surface area (Å²) in [7, 11) is 1.66. The van der Waals surface area contributed by atoms with Crippen LogP contribution in [0, 0.1) is 0 Å². The number of nitrogens with zero attached hydrogens (tertiary/aromatic N) is 4. The molecule has 0 unspecified atom stereocenters. The van der Waals surface area contributed by atoms with Crippen molar-refractivity contribution in [2.24, 2.45) is 5.10 Å². The van der Waals surface area contributed by atoms with Gasteiger partial charge in [0.25, 0.3) is 0 Å². The molecule has 90 valence electrons. The maximum absolute atomic E-state index is 11.4. The summed E-state index contributed by atoms with van der Waals surface area (Å²) in [6.45, 7) is 0. The first-order valence-corrected chi connectivity index (χ1v) is 5.68. The zero-order valence-corrected chi connectivity index (χ0v) is 9.95. The summed E-state index contributed by atoms with van der Waals surface area (Å²) in [5, 5.41) is 9.85. The van der Waals surface area contributed by atoms with Crippen LogP contribution in [0.3, 0.4) is 0 Å². The van der Waals surface area contributed by atoms with E-state index in [4.69, 9.17) is 0 Å². The van der Waals surface area contributed by atoms with E-state index < -0.39 is 0 Å². The molecule has 0 saturated heterocycles. The van der Waals surface area contributed by atoms with Crippen molar-refractivity contribution in [3.63, 3.8) is 0 Å². The van der Waals surface area contributed by atoms with E-state index in [2.05, 4.69) is 10.2 Å². The number of hydrogen-bond acceptors (Lipinski definition) is 3. The molecule has 0 aliphatic carbocycles. The average Bonchev–Trinajstić information content (AvgIpc) is 2.99. The largest absolute Gasteiger partial charge is 0.273 e. The van der Waals surface area contributed by atoms with Gasteiger partial charge < -0.3 is 0 Å². The highest BCUT2D eigenvalue weighted by molar-refractivity contribution is 6.13. The Morgan fingerprint density at radius 2 is 2.00 bits per heavy atom. The minimum absolute atomic E-state index is 0.0115. The number of carbonyl (C=O) groups is 1. The van der Waals surface area contributed by atoms with Gasteiger partial charge in [0.15, 0.2) is 0 Å². The Hall–Kier alpha value is -2.43. The lowest BCUT2D eigenvalue weighted by Gasteiger charge is -1.99. The topological polar surface area (TPSA) is 50.5 Å². The smallest absolute Gasteiger partial charge is 0.248 e. The lowest BCUT2D eigenvalue weighted by atomic mass is 10.2. The Morgan fingerprint density at radius 1 is 1.22 bits per heavy atom. The third kappa shape index (κ3) is 1.79. The summed E-state index contributed by atoms with van der Waals surface area (Å²) in [6, 6.07) is 9.83. The number of carbonyl (C=O) groups excluding carboxylic acids is 1. The van der Waals surface area contributed by atoms with Gasteiger partial charge in [-0.1, -0.05) is 18.2 Å². The maximum atomic E-state index is 11.4. The lowest BCUT2D eigenvalue weighted by Crippen LogP contribution is -2.14. The molecule has 0 atom stereocenters. The molecule has 0 N–H and O–H groups in total. The standard InChI is InChI=1S/C13H12N4O/c1-16-13(18)7-12(15-16)10-8-14-17(9-10)11-5-3-2-4-6-11/h2-6,8-9H,7H2,1H3. The lowest BCUT2D eigenvalue weighted by molar-refractivity contribution is -0.127. The fourth-order valence-electron chi connectivity index (χ4n) is 1.88. The first-order chi connectivity index (χ1) is 8.74. The molecular formula is C13H12N4O. The van der Waals surface area contributed by atoms with E-state index in [1.807, 2.05) is 36.5 Å². The third-order valence-electron chi connectivity index (χ3n) is 2.89. The summed E-state index contributed by atoms with van der Waals surface area (Å²) in [5.74, 6) is 0.0115. The number of amides is 1. The highest BCUT2D eigenvalue weighted by Crippen LogP contribution is 2.14. The first-order valence-electron chi connectivity index (χ1n) is 5.68. The monoisotopic (exact) mass is 240 g/mol. The zero-order chi connectivity index (χ0) is 12.5. The molecule has 0 radical (unpaired) electrons. The Morgan fingerprint density at radius 3 is 2.67 bits per heavy atom. The quantitative estimate of drug-likeness (QED) is 0.797. The predicted molar refractivity (Wildman–Crippen MR) is 67.5 cm³/mol. The molecule has 3 rings (SSSR count). The number of rotatable bonds is 2. The summed E-state index contributed by atoms with van der Waals surface area (Å²) in [5.41, 5.74) is 2.64. The molecule has 1 amide bonds. The van der Waals surface area contributed by atoms with Crippen molar-refractivity contribution in [2.75, 3.05) is 7.05 Å². The zero-order valence-electron chi connectivity index (χ0n) is 9.95. The van der Waals surface area contributed by atoms with E-state index in [-0.39, 0.29) is 5.91 Å². The number of benzene rings is 1. The van der Waals surface area contributed by atoms with Gasteiger partial charge in [-0.2, -0.15) is 10.2 Å². The van der Waals surface area contributed by atoms with Crippen LogP contribution in [-0.4, -0.2) is 33.5 Å². The summed E-state index contributed by atoms with van der Waals surface area (Å²) >= 11 is 0. The van der Waals surface area contributed by atoms with Crippen molar-refractivity contribution in [1.29, 1.82) is 0 Å². The summed E-state index contributed by atoms with van der Waals surface area (Å²) in [6.07, 6.45) is 3.97. The van der Waals surface area contributed by atoms with Crippen molar-refractivity contribution < 1.29 is 4.79 Å². The second kappa shape index (κ2) is 4.10. The molecule has 5 nitrogen and oxygen atoms in total. The van der Waals surface area contributed by atoms with Crippen molar-refractivity contribution in [1.82, 2.24) is 14.8 Å². The molecule has 2 heterocycles. The molecule has 1 aliphatic rings. The number of para-hydroxylation sites is 1. The molecule has 18 heavy (non-hydrogen) atoms. The van der Waals surface area contributed by atoms with Gasteiger partial charge in [-0.05, 0) is 12.1 Å². The summed E-state index contributed by atoms with van der Waals surface area (Å²) in [4.78, 5) is 11.4. The van der Waals surface area contributed by atoms with Crippen molar-refractivity contribution in [3.8, 4) is 5.69 Å². The van der Waals surface area contributed by atoms with Crippen LogP contribution in [0.4, 0.5) is 0 Å². The van der Waals surface area contributed by atoms with E-state index in [0.717, 1.165) is 17.0 Å². The van der Waals surface area contributed by atoms with Crippen LogP contribution < -0.4 is 0 Å². The van der Waals surface area contributed by atoms with E-state index in [1.165, 1.54) is 5.01 Å². The Bertz CT molecular complexity index is 615. The van der Waals surface area contributed by atoms with Gasteiger partial charge in [-0.25, -0.2) is 9.69 Å². The van der Waals surface area contributed by atoms with Gasteiger partial charge >= 0.3 is 0 Å². The van der Waals surface area contributed by atoms with Crippen LogP contribution in [0.25, 0.3) is 5.69 Å². The van der Waals surface area contributed by atoms with Gasteiger partial charge in [0.05, 0.1) is 24.0 Å². The number of hydrogen-bond donors (Lipinski definition) is 0. The molecule has 1 aromatic carbocycles. The van der Waals surface area contributed by atoms with Gasteiger partial charge in [0.2, 0.25) is 5.91 Å². The second-order valence-corrected chi connectivity index (χ2v) is 4.15. The minimum Gasteiger partial charge on any atom is -0.273 e.